The maximum atomic E-state index is 13.8. The van der Waals surface area contributed by atoms with Gasteiger partial charge in [0.25, 0.3) is 0 Å². The molecule has 2 aliphatic carbocycles. The molecule has 1 aromatic rings. The molecule has 2 unspecified atom stereocenters. The van der Waals surface area contributed by atoms with Gasteiger partial charge in [-0.3, -0.25) is 0 Å². The molecular formula is C15H19F2N. The summed E-state index contributed by atoms with van der Waals surface area (Å²) >= 11 is 0. The fourth-order valence-electron chi connectivity index (χ4n) is 3.08. The average Bonchev–Trinajstić information content (AvgIpc) is 3.18. The summed E-state index contributed by atoms with van der Waals surface area (Å²) in [6, 6.07) is 4.45. The lowest BCUT2D eigenvalue weighted by molar-refractivity contribution is 0.516. The van der Waals surface area contributed by atoms with Gasteiger partial charge in [0, 0.05) is 6.04 Å². The summed E-state index contributed by atoms with van der Waals surface area (Å²) in [4.78, 5) is 0. The Morgan fingerprint density at radius 2 is 2.00 bits per heavy atom. The number of benzene rings is 1. The zero-order valence-electron chi connectivity index (χ0n) is 10.8. The third kappa shape index (κ3) is 2.05. The van der Waals surface area contributed by atoms with Crippen LogP contribution in [0.1, 0.15) is 38.2 Å². The molecule has 1 aromatic carbocycles. The second-order valence-electron chi connectivity index (χ2n) is 6.25. The van der Waals surface area contributed by atoms with Crippen LogP contribution in [0.4, 0.5) is 8.78 Å². The minimum atomic E-state index is -0.344. The first-order valence-electron chi connectivity index (χ1n) is 6.68. The number of nitrogens with one attached hydrogen (secondary N) is 1. The Labute approximate surface area is 107 Å². The SMILES string of the molecule is CC1(C)C(CNC2CC2)C1c1cc(F)ccc1F. The van der Waals surface area contributed by atoms with Crippen LogP contribution in [-0.4, -0.2) is 12.6 Å². The summed E-state index contributed by atoms with van der Waals surface area (Å²) < 4.78 is 27.1. The summed E-state index contributed by atoms with van der Waals surface area (Å²) in [5.74, 6) is -0.0692. The minimum Gasteiger partial charge on any atom is -0.314 e. The van der Waals surface area contributed by atoms with Gasteiger partial charge in [-0.25, -0.2) is 8.78 Å². The Kier molecular flexibility index (Phi) is 2.70. The van der Waals surface area contributed by atoms with E-state index in [2.05, 4.69) is 19.2 Å². The van der Waals surface area contributed by atoms with Gasteiger partial charge in [0.2, 0.25) is 0 Å². The molecular weight excluding hydrogens is 232 g/mol. The molecule has 98 valence electrons. The first kappa shape index (κ1) is 12.1. The van der Waals surface area contributed by atoms with E-state index in [1.807, 2.05) is 0 Å². The van der Waals surface area contributed by atoms with Gasteiger partial charge in [-0.1, -0.05) is 13.8 Å². The number of halogens is 2. The molecule has 2 atom stereocenters. The standard InChI is InChI=1S/C15H19F2N/c1-15(2)12(8-18-10-4-5-10)14(15)11-7-9(16)3-6-13(11)17/h3,6-7,10,12,14,18H,4-5,8H2,1-2H3. The maximum absolute atomic E-state index is 13.8. The van der Waals surface area contributed by atoms with E-state index < -0.39 is 0 Å². The van der Waals surface area contributed by atoms with E-state index in [0.29, 0.717) is 17.5 Å². The van der Waals surface area contributed by atoms with Crippen molar-refractivity contribution < 1.29 is 8.78 Å². The Morgan fingerprint density at radius 3 is 2.67 bits per heavy atom. The maximum Gasteiger partial charge on any atom is 0.126 e. The first-order chi connectivity index (χ1) is 8.50. The van der Waals surface area contributed by atoms with Gasteiger partial charge in [0.15, 0.2) is 0 Å². The van der Waals surface area contributed by atoms with Gasteiger partial charge in [-0.2, -0.15) is 0 Å². The number of rotatable bonds is 4. The summed E-state index contributed by atoms with van der Waals surface area (Å²) in [6.45, 7) is 5.20. The molecule has 0 saturated heterocycles. The van der Waals surface area contributed by atoms with Gasteiger partial charge in [0.05, 0.1) is 0 Å². The number of hydrogen-bond donors (Lipinski definition) is 1. The molecule has 0 heterocycles. The molecule has 0 radical (unpaired) electrons. The normalized spacial score (nSPS) is 29.3. The van der Waals surface area contributed by atoms with E-state index in [9.17, 15) is 8.78 Å². The summed E-state index contributed by atoms with van der Waals surface area (Å²) in [6.07, 6.45) is 2.51. The molecule has 0 spiro atoms. The van der Waals surface area contributed by atoms with Crippen molar-refractivity contribution >= 4 is 0 Å². The molecule has 3 heteroatoms. The third-order valence-corrected chi connectivity index (χ3v) is 4.55. The molecule has 2 aliphatic rings. The van der Waals surface area contributed by atoms with Crippen molar-refractivity contribution in [2.45, 2.75) is 38.6 Å². The third-order valence-electron chi connectivity index (χ3n) is 4.55. The predicted octanol–water partition coefficient (Wildman–Crippen LogP) is 3.46. The molecule has 0 aliphatic heterocycles. The smallest absolute Gasteiger partial charge is 0.126 e. The Bertz CT molecular complexity index is 466. The van der Waals surface area contributed by atoms with Crippen molar-refractivity contribution in [1.82, 2.24) is 5.32 Å². The van der Waals surface area contributed by atoms with Gasteiger partial charge in [-0.15, -0.1) is 0 Å². The monoisotopic (exact) mass is 251 g/mol. The second-order valence-corrected chi connectivity index (χ2v) is 6.25. The van der Waals surface area contributed by atoms with Crippen LogP contribution in [0.2, 0.25) is 0 Å². The van der Waals surface area contributed by atoms with Gasteiger partial charge < -0.3 is 5.32 Å². The highest BCUT2D eigenvalue weighted by Gasteiger charge is 2.58. The largest absolute Gasteiger partial charge is 0.314 e. The summed E-state index contributed by atoms with van der Waals surface area (Å²) in [7, 11) is 0. The van der Waals surface area contributed by atoms with E-state index in [-0.39, 0.29) is 23.0 Å². The molecule has 3 rings (SSSR count). The Morgan fingerprint density at radius 1 is 1.28 bits per heavy atom. The van der Waals surface area contributed by atoms with E-state index >= 15 is 0 Å². The van der Waals surface area contributed by atoms with Crippen molar-refractivity contribution in [2.75, 3.05) is 6.54 Å². The molecule has 2 fully saturated rings. The highest BCUT2D eigenvalue weighted by Crippen LogP contribution is 2.64. The van der Waals surface area contributed by atoms with Crippen molar-refractivity contribution in [3.05, 3.63) is 35.4 Å². The second kappa shape index (κ2) is 4.02. The zero-order valence-corrected chi connectivity index (χ0v) is 10.8. The highest BCUT2D eigenvalue weighted by atomic mass is 19.1. The topological polar surface area (TPSA) is 12.0 Å². The van der Waals surface area contributed by atoms with Crippen LogP contribution >= 0.6 is 0 Å². The van der Waals surface area contributed by atoms with Crippen LogP contribution < -0.4 is 5.32 Å². The van der Waals surface area contributed by atoms with Crippen molar-refractivity contribution in [1.29, 1.82) is 0 Å². The average molecular weight is 251 g/mol. The molecule has 0 aromatic heterocycles. The number of hydrogen-bond acceptors (Lipinski definition) is 1. The van der Waals surface area contributed by atoms with Gasteiger partial charge in [-0.05, 0) is 60.4 Å². The summed E-state index contributed by atoms with van der Waals surface area (Å²) in [5.41, 5.74) is 0.610. The van der Waals surface area contributed by atoms with E-state index in [0.717, 1.165) is 6.54 Å². The van der Waals surface area contributed by atoms with Crippen LogP contribution in [0.3, 0.4) is 0 Å². The van der Waals surface area contributed by atoms with Gasteiger partial charge in [0.1, 0.15) is 11.6 Å². The molecule has 1 nitrogen and oxygen atoms in total. The zero-order chi connectivity index (χ0) is 12.9. The molecule has 0 bridgehead atoms. The van der Waals surface area contributed by atoms with Crippen molar-refractivity contribution in [3.63, 3.8) is 0 Å². The lowest BCUT2D eigenvalue weighted by Crippen LogP contribution is -2.20. The van der Waals surface area contributed by atoms with Crippen molar-refractivity contribution in [2.24, 2.45) is 11.3 Å². The fraction of sp³-hybridized carbons (Fsp3) is 0.600. The van der Waals surface area contributed by atoms with Crippen molar-refractivity contribution in [3.8, 4) is 0 Å². The summed E-state index contributed by atoms with van der Waals surface area (Å²) in [5, 5.41) is 3.49. The molecule has 18 heavy (non-hydrogen) atoms. The van der Waals surface area contributed by atoms with Crippen LogP contribution in [0.25, 0.3) is 0 Å². The molecule has 0 amide bonds. The minimum absolute atomic E-state index is 0.0660. The Balaban J connectivity index is 1.76. The quantitative estimate of drug-likeness (QED) is 0.864. The lowest BCUT2D eigenvalue weighted by atomic mass is 10.0. The predicted molar refractivity (Wildman–Crippen MR) is 67.4 cm³/mol. The Hall–Kier alpha value is -0.960. The highest BCUT2D eigenvalue weighted by molar-refractivity contribution is 5.33. The molecule has 2 saturated carbocycles. The lowest BCUT2D eigenvalue weighted by Gasteiger charge is -2.04. The van der Waals surface area contributed by atoms with E-state index in [1.165, 1.54) is 31.0 Å². The van der Waals surface area contributed by atoms with Crippen LogP contribution in [0.15, 0.2) is 18.2 Å². The van der Waals surface area contributed by atoms with Gasteiger partial charge >= 0.3 is 0 Å². The van der Waals surface area contributed by atoms with Crippen LogP contribution in [0, 0.1) is 23.0 Å². The van der Waals surface area contributed by atoms with E-state index in [1.54, 1.807) is 0 Å². The first-order valence-corrected chi connectivity index (χ1v) is 6.68. The molecule has 1 N–H and O–H groups in total. The van der Waals surface area contributed by atoms with Crippen LogP contribution in [-0.2, 0) is 0 Å². The van der Waals surface area contributed by atoms with Crippen LogP contribution in [0.5, 0.6) is 0 Å². The van der Waals surface area contributed by atoms with E-state index in [4.69, 9.17) is 0 Å². The fourth-order valence-corrected chi connectivity index (χ4v) is 3.08.